The summed E-state index contributed by atoms with van der Waals surface area (Å²) >= 11 is 0. The predicted molar refractivity (Wildman–Crippen MR) is 93.5 cm³/mol. The van der Waals surface area contributed by atoms with Crippen LogP contribution in [0.1, 0.15) is 10.5 Å². The van der Waals surface area contributed by atoms with Gasteiger partial charge in [-0.3, -0.25) is 4.79 Å². The number of rotatable bonds is 5. The Bertz CT molecular complexity index is 803. The summed E-state index contributed by atoms with van der Waals surface area (Å²) in [5.74, 6) is 1.00. The number of anilines is 4. The van der Waals surface area contributed by atoms with E-state index in [0.717, 1.165) is 11.5 Å². The van der Waals surface area contributed by atoms with Crippen molar-refractivity contribution in [2.24, 2.45) is 0 Å². The van der Waals surface area contributed by atoms with Crippen LogP contribution in [0.2, 0.25) is 0 Å². The average Bonchev–Trinajstić information content (AvgIpc) is 2.64. The maximum Gasteiger partial charge on any atom is 0.276 e. The Labute approximate surface area is 139 Å². The van der Waals surface area contributed by atoms with Crippen molar-refractivity contribution in [2.75, 3.05) is 23.0 Å². The van der Waals surface area contributed by atoms with Crippen LogP contribution in [0.25, 0.3) is 0 Å². The molecule has 3 rings (SSSR count). The van der Waals surface area contributed by atoms with Crippen LogP contribution >= 0.6 is 0 Å². The van der Waals surface area contributed by atoms with Crippen LogP contribution in [0.3, 0.4) is 0 Å². The highest BCUT2D eigenvalue weighted by atomic mass is 16.1. The van der Waals surface area contributed by atoms with Crippen LogP contribution in [0.4, 0.5) is 23.0 Å². The summed E-state index contributed by atoms with van der Waals surface area (Å²) in [5, 5.41) is 16.7. The van der Waals surface area contributed by atoms with Crippen molar-refractivity contribution in [1.29, 1.82) is 0 Å². The van der Waals surface area contributed by atoms with Gasteiger partial charge >= 0.3 is 0 Å². The average molecular weight is 320 g/mol. The zero-order valence-corrected chi connectivity index (χ0v) is 13.0. The molecular weight excluding hydrogens is 304 g/mol. The van der Waals surface area contributed by atoms with E-state index in [4.69, 9.17) is 0 Å². The van der Waals surface area contributed by atoms with Crippen molar-refractivity contribution in [3.8, 4) is 0 Å². The van der Waals surface area contributed by atoms with E-state index >= 15 is 0 Å². The Balaban J connectivity index is 1.65. The summed E-state index contributed by atoms with van der Waals surface area (Å²) in [5.41, 5.74) is 1.74. The molecule has 2 aromatic heterocycles. The molecule has 2 heterocycles. The van der Waals surface area contributed by atoms with Crippen LogP contribution in [-0.2, 0) is 0 Å². The van der Waals surface area contributed by atoms with Crippen LogP contribution in [0.5, 0.6) is 0 Å². The van der Waals surface area contributed by atoms with Gasteiger partial charge in [-0.2, -0.15) is 0 Å². The number of hydrogen-bond acceptors (Lipinski definition) is 6. The van der Waals surface area contributed by atoms with E-state index in [9.17, 15) is 4.79 Å². The molecule has 0 fully saturated rings. The monoisotopic (exact) mass is 320 g/mol. The van der Waals surface area contributed by atoms with Gasteiger partial charge in [0.05, 0.1) is 11.9 Å². The number of nitrogens with one attached hydrogen (secondary N) is 3. The van der Waals surface area contributed by atoms with Crippen molar-refractivity contribution in [2.45, 2.75) is 0 Å². The van der Waals surface area contributed by atoms with Gasteiger partial charge in [0.25, 0.3) is 5.91 Å². The van der Waals surface area contributed by atoms with Crippen LogP contribution < -0.4 is 16.0 Å². The van der Waals surface area contributed by atoms with E-state index < -0.39 is 0 Å². The number of hydrogen-bond donors (Lipinski definition) is 3. The summed E-state index contributed by atoms with van der Waals surface area (Å²) in [7, 11) is 1.81. The lowest BCUT2D eigenvalue weighted by molar-refractivity contribution is 0.102. The molecule has 3 aromatic rings. The van der Waals surface area contributed by atoms with Crippen molar-refractivity contribution < 1.29 is 4.79 Å². The first kappa shape index (κ1) is 15.4. The van der Waals surface area contributed by atoms with E-state index in [-0.39, 0.29) is 11.6 Å². The fourth-order valence-electron chi connectivity index (χ4n) is 2.00. The molecule has 0 saturated heterocycles. The van der Waals surface area contributed by atoms with Crippen LogP contribution in [0, 0.1) is 0 Å². The Hall–Kier alpha value is -3.48. The lowest BCUT2D eigenvalue weighted by Gasteiger charge is -2.07. The van der Waals surface area contributed by atoms with Gasteiger partial charge < -0.3 is 16.0 Å². The lowest BCUT2D eigenvalue weighted by atomic mass is 10.3. The van der Waals surface area contributed by atoms with Crippen LogP contribution in [-0.4, -0.2) is 28.1 Å². The second kappa shape index (κ2) is 7.19. The number of pyridine rings is 1. The SMILES string of the molecule is CNc1ccc(Nc2ccc(C(=O)Nc3ccccc3)nn2)cn1. The predicted octanol–water partition coefficient (Wildman–Crippen LogP) is 2.91. The van der Waals surface area contributed by atoms with Crippen LogP contribution in [0.15, 0.2) is 60.8 Å². The third-order valence-electron chi connectivity index (χ3n) is 3.22. The molecule has 0 aliphatic carbocycles. The summed E-state index contributed by atoms with van der Waals surface area (Å²) in [6.07, 6.45) is 1.68. The van der Waals surface area contributed by atoms with Crippen molar-refractivity contribution in [3.63, 3.8) is 0 Å². The molecule has 0 saturated carbocycles. The molecule has 0 spiro atoms. The normalized spacial score (nSPS) is 10.0. The third-order valence-corrected chi connectivity index (χ3v) is 3.22. The Morgan fingerprint density at radius 3 is 2.29 bits per heavy atom. The second-order valence-electron chi connectivity index (χ2n) is 4.93. The Morgan fingerprint density at radius 1 is 0.875 bits per heavy atom. The molecule has 7 heteroatoms. The summed E-state index contributed by atoms with van der Waals surface area (Å²) in [6, 6.07) is 16.2. The first-order chi connectivity index (χ1) is 11.7. The first-order valence-corrected chi connectivity index (χ1v) is 7.35. The highest BCUT2D eigenvalue weighted by molar-refractivity contribution is 6.02. The van der Waals surface area contributed by atoms with Gasteiger partial charge in [-0.05, 0) is 36.4 Å². The molecule has 120 valence electrons. The van der Waals surface area contributed by atoms with E-state index in [1.807, 2.05) is 42.5 Å². The van der Waals surface area contributed by atoms with Crippen molar-refractivity contribution in [3.05, 3.63) is 66.5 Å². The number of carbonyl (C=O) groups is 1. The van der Waals surface area contributed by atoms with E-state index in [2.05, 4.69) is 31.1 Å². The zero-order valence-electron chi connectivity index (χ0n) is 13.0. The Morgan fingerprint density at radius 2 is 1.67 bits per heavy atom. The molecule has 3 N–H and O–H groups in total. The largest absolute Gasteiger partial charge is 0.373 e. The fourth-order valence-corrected chi connectivity index (χ4v) is 2.00. The third kappa shape index (κ3) is 3.83. The number of nitrogens with zero attached hydrogens (tertiary/aromatic N) is 3. The quantitative estimate of drug-likeness (QED) is 0.669. The van der Waals surface area contributed by atoms with E-state index in [0.29, 0.717) is 11.5 Å². The fraction of sp³-hybridized carbons (Fsp3) is 0.0588. The topological polar surface area (TPSA) is 91.8 Å². The van der Waals surface area contributed by atoms with Gasteiger partial charge in [0.2, 0.25) is 0 Å². The van der Waals surface area contributed by atoms with Gasteiger partial charge in [-0.15, -0.1) is 10.2 Å². The number of amides is 1. The van der Waals surface area contributed by atoms with E-state index in [1.165, 1.54) is 0 Å². The first-order valence-electron chi connectivity index (χ1n) is 7.35. The standard InChI is InChI=1S/C17H16N6O/c1-18-15-9-7-13(11-19-15)20-16-10-8-14(22-23-16)17(24)21-12-5-3-2-4-6-12/h2-11H,1H3,(H,18,19)(H,20,23)(H,21,24). The molecular formula is C17H16N6O. The molecule has 0 atom stereocenters. The molecule has 0 unspecified atom stereocenters. The highest BCUT2D eigenvalue weighted by Gasteiger charge is 2.08. The minimum atomic E-state index is -0.305. The van der Waals surface area contributed by atoms with Gasteiger partial charge in [0.15, 0.2) is 11.5 Å². The minimum Gasteiger partial charge on any atom is -0.373 e. The second-order valence-corrected chi connectivity index (χ2v) is 4.93. The van der Waals surface area contributed by atoms with Gasteiger partial charge in [-0.1, -0.05) is 18.2 Å². The molecule has 0 bridgehead atoms. The summed E-state index contributed by atoms with van der Waals surface area (Å²) in [4.78, 5) is 16.3. The number of benzene rings is 1. The molecule has 1 amide bonds. The van der Waals surface area contributed by atoms with Gasteiger partial charge in [0, 0.05) is 12.7 Å². The van der Waals surface area contributed by atoms with E-state index in [1.54, 1.807) is 25.4 Å². The van der Waals surface area contributed by atoms with Crippen molar-refractivity contribution in [1.82, 2.24) is 15.2 Å². The maximum absolute atomic E-state index is 12.1. The number of aromatic nitrogens is 3. The molecule has 0 radical (unpaired) electrons. The molecule has 0 aliphatic rings. The zero-order chi connectivity index (χ0) is 16.8. The molecule has 1 aromatic carbocycles. The lowest BCUT2D eigenvalue weighted by Crippen LogP contribution is -2.14. The minimum absolute atomic E-state index is 0.244. The summed E-state index contributed by atoms with van der Waals surface area (Å²) < 4.78 is 0. The Kier molecular flexibility index (Phi) is 4.62. The number of carbonyl (C=O) groups excluding carboxylic acids is 1. The summed E-state index contributed by atoms with van der Waals surface area (Å²) in [6.45, 7) is 0. The van der Waals surface area contributed by atoms with Crippen molar-refractivity contribution >= 4 is 28.9 Å². The molecule has 24 heavy (non-hydrogen) atoms. The van der Waals surface area contributed by atoms with Gasteiger partial charge in [0.1, 0.15) is 5.82 Å². The maximum atomic E-state index is 12.1. The number of para-hydroxylation sites is 1. The molecule has 0 aliphatic heterocycles. The van der Waals surface area contributed by atoms with Gasteiger partial charge in [-0.25, -0.2) is 4.98 Å². The molecule has 7 nitrogen and oxygen atoms in total. The smallest absolute Gasteiger partial charge is 0.276 e. The highest BCUT2D eigenvalue weighted by Crippen LogP contribution is 2.15.